The van der Waals surface area contributed by atoms with Crippen LogP contribution < -0.4 is 29.6 Å². The summed E-state index contributed by atoms with van der Waals surface area (Å²) >= 11 is 0. The van der Waals surface area contributed by atoms with Crippen LogP contribution in [0, 0.1) is 0 Å². The zero-order chi connectivity index (χ0) is 21.3. The first-order valence-corrected chi connectivity index (χ1v) is 9.89. The Morgan fingerprint density at radius 3 is 2.33 bits per heavy atom. The van der Waals surface area contributed by atoms with Crippen molar-refractivity contribution in [2.75, 3.05) is 21.3 Å². The van der Waals surface area contributed by atoms with E-state index in [1.54, 1.807) is 33.7 Å². The molecule has 1 fully saturated rings. The predicted octanol–water partition coefficient (Wildman–Crippen LogP) is 2.69. The highest BCUT2D eigenvalue weighted by atomic mass is 16.5. The van der Waals surface area contributed by atoms with Gasteiger partial charge in [0.15, 0.2) is 11.5 Å². The molecule has 162 valence electrons. The van der Waals surface area contributed by atoms with Crippen molar-refractivity contribution in [1.29, 1.82) is 0 Å². The first kappa shape index (κ1) is 21.5. The number of aromatic nitrogens is 2. The Kier molecular flexibility index (Phi) is 7.53. The third-order valence-corrected chi connectivity index (χ3v) is 5.02. The maximum Gasteiger partial charge on any atom is 0.315 e. The number of urea groups is 1. The predicted molar refractivity (Wildman–Crippen MR) is 110 cm³/mol. The van der Waals surface area contributed by atoms with E-state index in [4.69, 9.17) is 18.9 Å². The number of benzene rings is 1. The Morgan fingerprint density at radius 1 is 0.967 bits per heavy atom. The highest BCUT2D eigenvalue weighted by Crippen LogP contribution is 2.28. The molecule has 1 aliphatic rings. The van der Waals surface area contributed by atoms with Crippen LogP contribution in [-0.4, -0.2) is 49.5 Å². The maximum absolute atomic E-state index is 12.3. The smallest absolute Gasteiger partial charge is 0.315 e. The van der Waals surface area contributed by atoms with E-state index in [1.807, 2.05) is 18.2 Å². The largest absolute Gasteiger partial charge is 0.493 e. The summed E-state index contributed by atoms with van der Waals surface area (Å²) in [6, 6.07) is 5.48. The van der Waals surface area contributed by atoms with Crippen LogP contribution in [0.4, 0.5) is 4.79 Å². The molecule has 0 saturated heterocycles. The molecule has 1 aromatic carbocycles. The Hall–Kier alpha value is -3.23. The zero-order valence-electron chi connectivity index (χ0n) is 17.5. The highest BCUT2D eigenvalue weighted by Gasteiger charge is 2.25. The van der Waals surface area contributed by atoms with Gasteiger partial charge in [0.05, 0.1) is 21.3 Å². The Morgan fingerprint density at radius 2 is 1.67 bits per heavy atom. The topological polar surface area (TPSA) is 104 Å². The lowest BCUT2D eigenvalue weighted by Crippen LogP contribution is -2.44. The molecule has 1 heterocycles. The summed E-state index contributed by atoms with van der Waals surface area (Å²) in [5.41, 5.74) is 0.929. The third kappa shape index (κ3) is 5.65. The van der Waals surface area contributed by atoms with Gasteiger partial charge in [0, 0.05) is 25.0 Å². The van der Waals surface area contributed by atoms with E-state index in [2.05, 4.69) is 20.6 Å². The van der Waals surface area contributed by atoms with Gasteiger partial charge in [-0.2, -0.15) is 0 Å². The van der Waals surface area contributed by atoms with Gasteiger partial charge in [0.25, 0.3) is 11.8 Å². The monoisotopic (exact) mass is 416 g/mol. The van der Waals surface area contributed by atoms with Crippen LogP contribution >= 0.6 is 0 Å². The number of methoxy groups -OCH3 is 3. The fourth-order valence-corrected chi connectivity index (χ4v) is 3.43. The van der Waals surface area contributed by atoms with Gasteiger partial charge >= 0.3 is 6.03 Å². The number of ether oxygens (including phenoxy) is 4. The van der Waals surface area contributed by atoms with E-state index < -0.39 is 0 Å². The summed E-state index contributed by atoms with van der Waals surface area (Å²) in [4.78, 5) is 20.5. The average molecular weight is 416 g/mol. The van der Waals surface area contributed by atoms with E-state index >= 15 is 0 Å². The summed E-state index contributed by atoms with van der Waals surface area (Å²) < 4.78 is 21.6. The molecule has 0 atom stereocenters. The van der Waals surface area contributed by atoms with Gasteiger partial charge in [-0.3, -0.25) is 0 Å². The lowest BCUT2D eigenvalue weighted by atomic mass is 9.93. The van der Waals surface area contributed by atoms with Crippen molar-refractivity contribution in [3.05, 3.63) is 36.2 Å². The lowest BCUT2D eigenvalue weighted by molar-refractivity contribution is 0.129. The standard InChI is InChI=1S/C21H28N4O5/c1-27-17-9-4-14(12-18(17)28-2)13-24-21(26)25-15-5-7-16(8-6-15)30-20-19(29-3)22-10-11-23-20/h4,9-12,15-16H,5-8,13H2,1-3H3,(H2,24,25,26). The SMILES string of the molecule is COc1ccc(CNC(=O)NC2CCC(Oc3nccnc3OC)CC2)cc1OC. The number of amides is 2. The van der Waals surface area contributed by atoms with Gasteiger partial charge in [-0.25, -0.2) is 14.8 Å². The molecular formula is C21H28N4O5. The van der Waals surface area contributed by atoms with Crippen molar-refractivity contribution in [2.24, 2.45) is 0 Å². The molecular weight excluding hydrogens is 388 g/mol. The van der Waals surface area contributed by atoms with Gasteiger partial charge in [0.1, 0.15) is 6.10 Å². The fraction of sp³-hybridized carbons (Fsp3) is 0.476. The van der Waals surface area contributed by atoms with E-state index in [0.717, 1.165) is 31.2 Å². The molecule has 2 aromatic rings. The second kappa shape index (κ2) is 10.5. The van der Waals surface area contributed by atoms with Crippen LogP contribution in [-0.2, 0) is 6.54 Å². The summed E-state index contributed by atoms with van der Waals surface area (Å²) in [5, 5.41) is 5.92. The second-order valence-corrected chi connectivity index (χ2v) is 6.98. The Balaban J connectivity index is 1.42. The minimum absolute atomic E-state index is 0.0310. The van der Waals surface area contributed by atoms with Crippen LogP contribution in [0.2, 0.25) is 0 Å². The molecule has 1 aliphatic carbocycles. The molecule has 0 bridgehead atoms. The molecule has 3 rings (SSSR count). The number of carbonyl (C=O) groups excluding carboxylic acids is 1. The van der Waals surface area contributed by atoms with Crippen molar-refractivity contribution in [2.45, 2.75) is 44.4 Å². The van der Waals surface area contributed by atoms with E-state index in [-0.39, 0.29) is 18.2 Å². The van der Waals surface area contributed by atoms with E-state index in [1.165, 1.54) is 0 Å². The van der Waals surface area contributed by atoms with Crippen molar-refractivity contribution in [1.82, 2.24) is 20.6 Å². The van der Waals surface area contributed by atoms with E-state index in [0.29, 0.717) is 29.8 Å². The number of rotatable bonds is 8. The quantitative estimate of drug-likeness (QED) is 0.682. The number of hydrogen-bond acceptors (Lipinski definition) is 7. The minimum Gasteiger partial charge on any atom is -0.493 e. The molecule has 30 heavy (non-hydrogen) atoms. The summed E-state index contributed by atoms with van der Waals surface area (Å²) in [6.45, 7) is 0.400. The van der Waals surface area contributed by atoms with Gasteiger partial charge in [-0.05, 0) is 43.4 Å². The molecule has 1 aromatic heterocycles. The molecule has 0 unspecified atom stereocenters. The molecule has 0 radical (unpaired) electrons. The van der Waals surface area contributed by atoms with E-state index in [9.17, 15) is 4.79 Å². The fourth-order valence-electron chi connectivity index (χ4n) is 3.43. The maximum atomic E-state index is 12.3. The van der Waals surface area contributed by atoms with Crippen molar-refractivity contribution < 1.29 is 23.7 Å². The van der Waals surface area contributed by atoms with Crippen LogP contribution in [0.1, 0.15) is 31.2 Å². The summed E-state index contributed by atoms with van der Waals surface area (Å²) in [7, 11) is 4.72. The van der Waals surface area contributed by atoms with Gasteiger partial charge < -0.3 is 29.6 Å². The highest BCUT2D eigenvalue weighted by molar-refractivity contribution is 5.74. The van der Waals surface area contributed by atoms with Crippen molar-refractivity contribution >= 4 is 6.03 Å². The minimum atomic E-state index is -0.190. The normalized spacial score (nSPS) is 18.2. The van der Waals surface area contributed by atoms with Gasteiger partial charge in [-0.1, -0.05) is 6.07 Å². The van der Waals surface area contributed by atoms with Crippen LogP contribution in [0.15, 0.2) is 30.6 Å². The summed E-state index contributed by atoms with van der Waals surface area (Å²) in [6.07, 6.45) is 6.47. The molecule has 0 spiro atoms. The summed E-state index contributed by atoms with van der Waals surface area (Å²) in [5.74, 6) is 2.08. The zero-order valence-corrected chi connectivity index (χ0v) is 17.5. The number of nitrogens with one attached hydrogen (secondary N) is 2. The van der Waals surface area contributed by atoms with Crippen LogP contribution in [0.25, 0.3) is 0 Å². The molecule has 0 aliphatic heterocycles. The number of nitrogens with zero attached hydrogens (tertiary/aromatic N) is 2. The Labute approximate surface area is 176 Å². The average Bonchev–Trinajstić information content (AvgIpc) is 2.79. The lowest BCUT2D eigenvalue weighted by Gasteiger charge is -2.29. The number of hydrogen-bond donors (Lipinski definition) is 2. The molecule has 9 nitrogen and oxygen atoms in total. The molecule has 2 amide bonds. The van der Waals surface area contributed by atoms with Crippen LogP contribution in [0.3, 0.4) is 0 Å². The molecule has 9 heteroatoms. The molecule has 1 saturated carbocycles. The third-order valence-electron chi connectivity index (χ3n) is 5.02. The van der Waals surface area contributed by atoms with Gasteiger partial charge in [0.2, 0.25) is 0 Å². The van der Waals surface area contributed by atoms with Crippen LogP contribution in [0.5, 0.6) is 23.3 Å². The molecule has 2 N–H and O–H groups in total. The first-order valence-electron chi connectivity index (χ1n) is 9.89. The van der Waals surface area contributed by atoms with Gasteiger partial charge in [-0.15, -0.1) is 0 Å². The first-order chi connectivity index (χ1) is 14.6. The Bertz CT molecular complexity index is 840. The van der Waals surface area contributed by atoms with Crippen molar-refractivity contribution in [3.8, 4) is 23.3 Å². The van der Waals surface area contributed by atoms with Crippen molar-refractivity contribution in [3.63, 3.8) is 0 Å². The number of carbonyl (C=O) groups is 1. The second-order valence-electron chi connectivity index (χ2n) is 6.98.